The van der Waals surface area contributed by atoms with E-state index in [0.29, 0.717) is 6.54 Å². The van der Waals surface area contributed by atoms with Gasteiger partial charge in [-0.05, 0) is 43.5 Å². The summed E-state index contributed by atoms with van der Waals surface area (Å²) >= 11 is 0. The molecule has 0 bridgehead atoms. The van der Waals surface area contributed by atoms with Crippen LogP contribution in [0.4, 0.5) is 0 Å². The Balaban J connectivity index is 1.82. The maximum Gasteiger partial charge on any atom is 0.331 e. The summed E-state index contributed by atoms with van der Waals surface area (Å²) in [5.74, 6) is -0.862. The maximum absolute atomic E-state index is 12.0. The van der Waals surface area contributed by atoms with Gasteiger partial charge in [0.1, 0.15) is 0 Å². The molecule has 0 aromatic heterocycles. The molecule has 25 heavy (non-hydrogen) atoms. The highest BCUT2D eigenvalue weighted by Crippen LogP contribution is 2.09. The van der Waals surface area contributed by atoms with E-state index in [1.165, 1.54) is 6.08 Å². The number of nitrogens with one attached hydrogen (secondary N) is 1. The molecule has 1 amide bonds. The third-order valence-corrected chi connectivity index (χ3v) is 3.84. The van der Waals surface area contributed by atoms with Crippen molar-refractivity contribution >= 4 is 18.0 Å². The molecule has 4 heteroatoms. The van der Waals surface area contributed by atoms with Crippen LogP contribution in [0.2, 0.25) is 0 Å². The first kappa shape index (κ1) is 18.5. The van der Waals surface area contributed by atoms with Gasteiger partial charge < -0.3 is 10.1 Å². The van der Waals surface area contributed by atoms with Crippen molar-refractivity contribution in [1.29, 1.82) is 0 Å². The number of carbonyl (C=O) groups is 2. The van der Waals surface area contributed by atoms with Gasteiger partial charge in [-0.2, -0.15) is 0 Å². The molecule has 0 saturated carbocycles. The molecule has 0 aliphatic heterocycles. The second-order valence-electron chi connectivity index (χ2n) is 5.97. The number of esters is 1. The van der Waals surface area contributed by atoms with Crippen molar-refractivity contribution in [3.63, 3.8) is 0 Å². The average molecular weight is 337 g/mol. The minimum absolute atomic E-state index is 0.321. The van der Waals surface area contributed by atoms with Crippen molar-refractivity contribution in [2.75, 3.05) is 0 Å². The molecule has 1 atom stereocenters. The normalized spacial score (nSPS) is 12.0. The van der Waals surface area contributed by atoms with Crippen LogP contribution < -0.4 is 5.32 Å². The molecule has 0 saturated heterocycles. The van der Waals surface area contributed by atoms with Gasteiger partial charge in [-0.1, -0.05) is 54.1 Å². The highest BCUT2D eigenvalue weighted by atomic mass is 16.5. The lowest BCUT2D eigenvalue weighted by atomic mass is 10.1. The van der Waals surface area contributed by atoms with Crippen LogP contribution in [0, 0.1) is 13.8 Å². The summed E-state index contributed by atoms with van der Waals surface area (Å²) in [4.78, 5) is 23.9. The Morgan fingerprint density at radius 2 is 1.76 bits per heavy atom. The maximum atomic E-state index is 12.0. The zero-order chi connectivity index (χ0) is 18.2. The average Bonchev–Trinajstić information content (AvgIpc) is 2.60. The summed E-state index contributed by atoms with van der Waals surface area (Å²) in [5, 5.41) is 2.77. The Hall–Kier alpha value is -2.88. The van der Waals surface area contributed by atoms with Crippen LogP contribution in [0.25, 0.3) is 6.08 Å². The molecule has 0 spiro atoms. The quantitative estimate of drug-likeness (QED) is 0.648. The smallest absolute Gasteiger partial charge is 0.331 e. The van der Waals surface area contributed by atoms with E-state index in [0.717, 1.165) is 22.3 Å². The molecule has 0 fully saturated rings. The van der Waals surface area contributed by atoms with Crippen molar-refractivity contribution in [3.8, 4) is 0 Å². The van der Waals surface area contributed by atoms with Crippen molar-refractivity contribution in [1.82, 2.24) is 5.32 Å². The number of hydrogen-bond donors (Lipinski definition) is 1. The summed E-state index contributed by atoms with van der Waals surface area (Å²) < 4.78 is 5.14. The first-order valence-corrected chi connectivity index (χ1v) is 8.23. The lowest BCUT2D eigenvalue weighted by molar-refractivity contribution is -0.150. The van der Waals surface area contributed by atoms with Crippen molar-refractivity contribution in [3.05, 3.63) is 76.9 Å². The van der Waals surface area contributed by atoms with Crippen molar-refractivity contribution < 1.29 is 14.3 Å². The third-order valence-electron chi connectivity index (χ3n) is 3.84. The van der Waals surface area contributed by atoms with Crippen LogP contribution in [0.15, 0.2) is 54.6 Å². The van der Waals surface area contributed by atoms with Crippen LogP contribution in [-0.2, 0) is 20.9 Å². The molecule has 130 valence electrons. The Kier molecular flexibility index (Phi) is 6.52. The SMILES string of the molecule is Cc1ccc(CNC(=O)[C@H](C)OC(=O)/C=C/c2ccccc2C)cc1. The molecular weight excluding hydrogens is 314 g/mol. The molecule has 0 radical (unpaired) electrons. The van der Waals surface area contributed by atoms with Gasteiger partial charge in [0, 0.05) is 12.6 Å². The number of ether oxygens (including phenoxy) is 1. The summed E-state index contributed by atoms with van der Waals surface area (Å²) in [7, 11) is 0. The number of amides is 1. The van der Waals surface area contributed by atoms with E-state index in [2.05, 4.69) is 5.32 Å². The van der Waals surface area contributed by atoms with E-state index >= 15 is 0 Å². The Morgan fingerprint density at radius 3 is 2.44 bits per heavy atom. The van der Waals surface area contributed by atoms with Gasteiger partial charge in [0.2, 0.25) is 0 Å². The minimum atomic E-state index is -0.848. The van der Waals surface area contributed by atoms with E-state index < -0.39 is 12.1 Å². The predicted molar refractivity (Wildman–Crippen MR) is 98.8 cm³/mol. The molecule has 0 unspecified atom stereocenters. The van der Waals surface area contributed by atoms with Crippen LogP contribution in [0.5, 0.6) is 0 Å². The van der Waals surface area contributed by atoms with Crippen LogP contribution >= 0.6 is 0 Å². The van der Waals surface area contributed by atoms with Crippen LogP contribution in [0.1, 0.15) is 29.2 Å². The topological polar surface area (TPSA) is 55.4 Å². The lowest BCUT2D eigenvalue weighted by Gasteiger charge is -2.12. The Bertz CT molecular complexity index is 763. The molecule has 0 aliphatic carbocycles. The zero-order valence-corrected chi connectivity index (χ0v) is 14.8. The fraction of sp³-hybridized carbons (Fsp3) is 0.238. The van der Waals surface area contributed by atoms with Gasteiger partial charge in [0.15, 0.2) is 6.10 Å². The van der Waals surface area contributed by atoms with E-state index in [4.69, 9.17) is 4.74 Å². The van der Waals surface area contributed by atoms with E-state index in [-0.39, 0.29) is 5.91 Å². The van der Waals surface area contributed by atoms with Gasteiger partial charge in [-0.3, -0.25) is 4.79 Å². The molecule has 0 aliphatic rings. The number of hydrogen-bond acceptors (Lipinski definition) is 3. The van der Waals surface area contributed by atoms with Gasteiger partial charge in [0.25, 0.3) is 5.91 Å². The van der Waals surface area contributed by atoms with E-state index in [9.17, 15) is 9.59 Å². The second-order valence-corrected chi connectivity index (χ2v) is 5.97. The standard InChI is InChI=1S/C21H23NO3/c1-15-8-10-18(11-9-15)14-22-21(24)17(3)25-20(23)13-12-19-7-5-4-6-16(19)2/h4-13,17H,14H2,1-3H3,(H,22,24)/b13-12+/t17-/m0/s1. The summed E-state index contributed by atoms with van der Waals surface area (Å²) in [6.45, 7) is 5.94. The minimum Gasteiger partial charge on any atom is -0.449 e. The zero-order valence-electron chi connectivity index (χ0n) is 14.8. The highest BCUT2D eigenvalue weighted by molar-refractivity contribution is 5.90. The first-order valence-electron chi connectivity index (χ1n) is 8.23. The van der Waals surface area contributed by atoms with E-state index in [1.807, 2.05) is 62.4 Å². The van der Waals surface area contributed by atoms with Gasteiger partial charge in [-0.25, -0.2) is 4.79 Å². The Labute approximate surface area is 148 Å². The summed E-state index contributed by atoms with van der Waals surface area (Å²) in [5.41, 5.74) is 4.17. The molecule has 1 N–H and O–H groups in total. The molecule has 0 heterocycles. The summed E-state index contributed by atoms with van der Waals surface area (Å²) in [6.07, 6.45) is 2.18. The fourth-order valence-electron chi connectivity index (χ4n) is 2.24. The fourth-order valence-corrected chi connectivity index (χ4v) is 2.24. The van der Waals surface area contributed by atoms with Crippen LogP contribution in [0.3, 0.4) is 0 Å². The number of aryl methyl sites for hydroxylation is 2. The lowest BCUT2D eigenvalue weighted by Crippen LogP contribution is -2.35. The van der Waals surface area contributed by atoms with Crippen LogP contribution in [-0.4, -0.2) is 18.0 Å². The first-order chi connectivity index (χ1) is 12.0. The monoisotopic (exact) mass is 337 g/mol. The summed E-state index contributed by atoms with van der Waals surface area (Å²) in [6, 6.07) is 15.6. The Morgan fingerprint density at radius 1 is 1.08 bits per heavy atom. The highest BCUT2D eigenvalue weighted by Gasteiger charge is 2.16. The molecule has 4 nitrogen and oxygen atoms in total. The predicted octanol–water partition coefficient (Wildman–Crippen LogP) is 3.56. The van der Waals surface area contributed by atoms with E-state index in [1.54, 1.807) is 13.0 Å². The number of carbonyl (C=O) groups excluding carboxylic acids is 2. The molecule has 2 aromatic rings. The van der Waals surface area contributed by atoms with Crippen molar-refractivity contribution in [2.45, 2.75) is 33.4 Å². The molecule has 2 aromatic carbocycles. The third kappa shape index (κ3) is 5.92. The van der Waals surface area contributed by atoms with Gasteiger partial charge in [0.05, 0.1) is 0 Å². The molecular formula is C21H23NO3. The largest absolute Gasteiger partial charge is 0.449 e. The second kappa shape index (κ2) is 8.83. The van der Waals surface area contributed by atoms with Gasteiger partial charge in [-0.15, -0.1) is 0 Å². The molecule has 2 rings (SSSR count). The van der Waals surface area contributed by atoms with Crippen molar-refractivity contribution in [2.24, 2.45) is 0 Å². The number of rotatable bonds is 6. The number of benzene rings is 2. The van der Waals surface area contributed by atoms with Gasteiger partial charge >= 0.3 is 5.97 Å².